The Balaban J connectivity index is 1.99. The molecule has 1 aliphatic rings. The Kier molecular flexibility index (Phi) is 6.73. The Bertz CT molecular complexity index is 646. The van der Waals surface area contributed by atoms with Crippen LogP contribution in [0.4, 0.5) is 0 Å². The smallest absolute Gasteiger partial charge is 0.251 e. The molecule has 0 spiro atoms. The van der Waals surface area contributed by atoms with Crippen molar-refractivity contribution in [3.63, 3.8) is 0 Å². The van der Waals surface area contributed by atoms with Gasteiger partial charge in [-0.05, 0) is 50.6 Å². The summed E-state index contributed by atoms with van der Waals surface area (Å²) in [5.41, 5.74) is 0.448. The molecule has 1 aromatic carbocycles. The minimum atomic E-state index is -3.58. The van der Waals surface area contributed by atoms with Crippen molar-refractivity contribution in [3.8, 4) is 0 Å². The van der Waals surface area contributed by atoms with Crippen molar-refractivity contribution < 1.29 is 17.9 Å². The minimum absolute atomic E-state index is 0.0883. The summed E-state index contributed by atoms with van der Waals surface area (Å²) in [5.74, 6) is -0.188. The third kappa shape index (κ3) is 5.01. The van der Waals surface area contributed by atoms with Gasteiger partial charge in [-0.2, -0.15) is 0 Å². The van der Waals surface area contributed by atoms with Crippen LogP contribution in [-0.4, -0.2) is 53.2 Å². The van der Waals surface area contributed by atoms with Crippen LogP contribution >= 0.6 is 0 Å². The highest BCUT2D eigenvalue weighted by Crippen LogP contribution is 2.13. The van der Waals surface area contributed by atoms with Gasteiger partial charge in [-0.3, -0.25) is 4.79 Å². The van der Waals surface area contributed by atoms with E-state index in [-0.39, 0.29) is 29.4 Å². The summed E-state index contributed by atoms with van der Waals surface area (Å²) in [4.78, 5) is 12.4. The predicted octanol–water partition coefficient (Wildman–Crippen LogP) is 0.482. The van der Waals surface area contributed by atoms with Gasteiger partial charge in [0.25, 0.3) is 5.91 Å². The van der Waals surface area contributed by atoms with Gasteiger partial charge in [0.1, 0.15) is 0 Å². The first-order valence-corrected chi connectivity index (χ1v) is 9.55. The van der Waals surface area contributed by atoms with E-state index < -0.39 is 10.0 Å². The summed E-state index contributed by atoms with van der Waals surface area (Å²) in [6.45, 7) is 3.52. The molecular weight excluding hydrogens is 330 g/mol. The van der Waals surface area contributed by atoms with Gasteiger partial charge < -0.3 is 15.4 Å². The molecule has 0 radical (unpaired) electrons. The average molecular weight is 355 g/mol. The van der Waals surface area contributed by atoms with Crippen LogP contribution in [0.25, 0.3) is 0 Å². The summed E-state index contributed by atoms with van der Waals surface area (Å²) in [5, 5.41) is 6.33. The molecule has 2 unspecified atom stereocenters. The van der Waals surface area contributed by atoms with Crippen molar-refractivity contribution in [2.75, 3.05) is 26.8 Å². The van der Waals surface area contributed by atoms with Crippen molar-refractivity contribution in [2.45, 2.75) is 36.7 Å². The third-order valence-electron chi connectivity index (χ3n) is 4.10. The molecule has 2 atom stereocenters. The average Bonchev–Trinajstić information content (AvgIpc) is 2.57. The first-order valence-electron chi connectivity index (χ1n) is 8.07. The maximum absolute atomic E-state index is 12.3. The van der Waals surface area contributed by atoms with Crippen LogP contribution in [0.15, 0.2) is 29.2 Å². The van der Waals surface area contributed by atoms with Gasteiger partial charge in [0.05, 0.1) is 11.5 Å². The second kappa shape index (κ2) is 8.57. The molecule has 0 aliphatic carbocycles. The van der Waals surface area contributed by atoms with E-state index in [1.165, 1.54) is 31.4 Å². The first-order chi connectivity index (χ1) is 11.4. The number of sulfonamides is 1. The van der Waals surface area contributed by atoms with E-state index in [9.17, 15) is 13.2 Å². The SMILES string of the molecule is COCCNS(=O)(=O)c1ccc(C(=O)NC2CCCNC2C)cc1. The third-order valence-corrected chi connectivity index (χ3v) is 5.58. The summed E-state index contributed by atoms with van der Waals surface area (Å²) >= 11 is 0. The number of methoxy groups -OCH3 is 1. The molecule has 8 heteroatoms. The summed E-state index contributed by atoms with van der Waals surface area (Å²) in [7, 11) is -2.08. The van der Waals surface area contributed by atoms with Crippen molar-refractivity contribution in [2.24, 2.45) is 0 Å². The minimum Gasteiger partial charge on any atom is -0.383 e. The molecule has 24 heavy (non-hydrogen) atoms. The molecule has 3 N–H and O–H groups in total. The van der Waals surface area contributed by atoms with Crippen LogP contribution in [0.3, 0.4) is 0 Å². The summed E-state index contributed by atoms with van der Waals surface area (Å²) in [6.07, 6.45) is 1.97. The second-order valence-electron chi connectivity index (χ2n) is 5.88. The molecule has 1 fully saturated rings. The zero-order valence-electron chi connectivity index (χ0n) is 14.0. The Morgan fingerprint density at radius 3 is 2.67 bits per heavy atom. The zero-order valence-corrected chi connectivity index (χ0v) is 14.9. The van der Waals surface area contributed by atoms with Gasteiger partial charge in [0.2, 0.25) is 10.0 Å². The first kappa shape index (κ1) is 18.9. The van der Waals surface area contributed by atoms with E-state index in [1.54, 1.807) is 0 Å². The number of piperidine rings is 1. The number of benzene rings is 1. The van der Waals surface area contributed by atoms with Crippen molar-refractivity contribution in [3.05, 3.63) is 29.8 Å². The van der Waals surface area contributed by atoms with E-state index in [0.29, 0.717) is 12.2 Å². The molecule has 0 saturated carbocycles. The number of hydrogen-bond donors (Lipinski definition) is 3. The number of amides is 1. The highest BCUT2D eigenvalue weighted by molar-refractivity contribution is 7.89. The molecule has 0 aromatic heterocycles. The number of nitrogens with one attached hydrogen (secondary N) is 3. The van der Waals surface area contributed by atoms with Crippen molar-refractivity contribution in [1.29, 1.82) is 0 Å². The summed E-state index contributed by atoms with van der Waals surface area (Å²) < 4.78 is 31.4. The van der Waals surface area contributed by atoms with Gasteiger partial charge in [-0.25, -0.2) is 13.1 Å². The quantitative estimate of drug-likeness (QED) is 0.618. The highest BCUT2D eigenvalue weighted by atomic mass is 32.2. The zero-order chi connectivity index (χ0) is 17.6. The second-order valence-corrected chi connectivity index (χ2v) is 7.65. The van der Waals surface area contributed by atoms with Crippen molar-refractivity contribution in [1.82, 2.24) is 15.4 Å². The van der Waals surface area contributed by atoms with E-state index in [0.717, 1.165) is 19.4 Å². The van der Waals surface area contributed by atoms with Gasteiger partial charge in [0.15, 0.2) is 0 Å². The molecule has 134 valence electrons. The van der Waals surface area contributed by atoms with Crippen LogP contribution < -0.4 is 15.4 Å². The highest BCUT2D eigenvalue weighted by Gasteiger charge is 2.23. The van der Waals surface area contributed by atoms with Crippen molar-refractivity contribution >= 4 is 15.9 Å². The maximum Gasteiger partial charge on any atom is 0.251 e. The van der Waals surface area contributed by atoms with E-state index in [2.05, 4.69) is 15.4 Å². The largest absolute Gasteiger partial charge is 0.383 e. The number of carbonyl (C=O) groups excluding carboxylic acids is 1. The van der Waals surface area contributed by atoms with Gasteiger partial charge >= 0.3 is 0 Å². The van der Waals surface area contributed by atoms with Crippen LogP contribution in [0, 0.1) is 0 Å². The molecule has 2 rings (SSSR count). The number of hydrogen-bond acceptors (Lipinski definition) is 5. The molecular formula is C16H25N3O4S. The van der Waals surface area contributed by atoms with E-state index in [4.69, 9.17) is 4.74 Å². The molecule has 1 amide bonds. The maximum atomic E-state index is 12.3. The lowest BCUT2D eigenvalue weighted by Crippen LogP contribution is -2.51. The van der Waals surface area contributed by atoms with E-state index in [1.807, 2.05) is 6.92 Å². The fourth-order valence-electron chi connectivity index (χ4n) is 2.64. The van der Waals surface area contributed by atoms with E-state index >= 15 is 0 Å². The Morgan fingerprint density at radius 1 is 1.33 bits per heavy atom. The standard InChI is InChI=1S/C16H25N3O4S/c1-12-15(4-3-9-17-12)19-16(20)13-5-7-14(8-6-13)24(21,22)18-10-11-23-2/h5-8,12,15,17-18H,3-4,9-11H2,1-2H3,(H,19,20). The normalized spacial score (nSPS) is 21.4. The number of carbonyl (C=O) groups is 1. The number of rotatable bonds is 7. The van der Waals surface area contributed by atoms with Gasteiger partial charge in [-0.15, -0.1) is 0 Å². The molecule has 1 saturated heterocycles. The molecule has 1 heterocycles. The lowest BCUT2D eigenvalue weighted by atomic mass is 9.99. The number of ether oxygens (including phenoxy) is 1. The van der Waals surface area contributed by atoms with Crippen LogP contribution in [0.5, 0.6) is 0 Å². The predicted molar refractivity (Wildman–Crippen MR) is 91.5 cm³/mol. The van der Waals surface area contributed by atoms with Crippen LogP contribution in [0.2, 0.25) is 0 Å². The lowest BCUT2D eigenvalue weighted by molar-refractivity contribution is 0.0919. The van der Waals surface area contributed by atoms with Gasteiger partial charge in [-0.1, -0.05) is 0 Å². The molecule has 7 nitrogen and oxygen atoms in total. The lowest BCUT2D eigenvalue weighted by Gasteiger charge is -2.30. The fraction of sp³-hybridized carbons (Fsp3) is 0.562. The van der Waals surface area contributed by atoms with Crippen LogP contribution in [0.1, 0.15) is 30.1 Å². The molecule has 1 aliphatic heterocycles. The summed E-state index contributed by atoms with van der Waals surface area (Å²) in [6, 6.07) is 6.25. The Morgan fingerprint density at radius 2 is 2.04 bits per heavy atom. The topological polar surface area (TPSA) is 96.5 Å². The van der Waals surface area contributed by atoms with Gasteiger partial charge in [0, 0.05) is 31.3 Å². The molecule has 0 bridgehead atoms. The fourth-order valence-corrected chi connectivity index (χ4v) is 3.65. The van der Waals surface area contributed by atoms with Crippen LogP contribution in [-0.2, 0) is 14.8 Å². The molecule has 1 aromatic rings. The Hall–Kier alpha value is -1.48. The Labute approximate surface area is 143 Å². The monoisotopic (exact) mass is 355 g/mol.